The summed E-state index contributed by atoms with van der Waals surface area (Å²) in [5.41, 5.74) is 0.661. The van der Waals surface area contributed by atoms with Gasteiger partial charge in [-0.25, -0.2) is 13.2 Å². The van der Waals surface area contributed by atoms with Gasteiger partial charge in [0, 0.05) is 23.8 Å². The zero-order valence-electron chi connectivity index (χ0n) is 13.6. The summed E-state index contributed by atoms with van der Waals surface area (Å²) in [5, 5.41) is 2.96. The number of sulfone groups is 1. The number of amides is 2. The molecule has 0 unspecified atom stereocenters. The van der Waals surface area contributed by atoms with Gasteiger partial charge in [-0.15, -0.1) is 0 Å². The fraction of sp³-hybridized carbons (Fsp3) is 0.278. The minimum atomic E-state index is -3.35. The Labute approximate surface area is 152 Å². The summed E-state index contributed by atoms with van der Waals surface area (Å²) in [7, 11) is -3.35. The molecular formula is C18H19ClN2O3S. The van der Waals surface area contributed by atoms with Gasteiger partial charge in [-0.3, -0.25) is 0 Å². The second-order valence-corrected chi connectivity index (χ2v) is 8.65. The molecular weight excluding hydrogens is 360 g/mol. The van der Waals surface area contributed by atoms with E-state index < -0.39 is 15.1 Å². The van der Waals surface area contributed by atoms with Gasteiger partial charge in [-0.1, -0.05) is 29.8 Å². The minimum absolute atomic E-state index is 0.224. The molecule has 3 rings (SSSR count). The van der Waals surface area contributed by atoms with Gasteiger partial charge in [-0.2, -0.15) is 0 Å². The zero-order chi connectivity index (χ0) is 17.9. The fourth-order valence-corrected chi connectivity index (χ4v) is 4.79. The van der Waals surface area contributed by atoms with Gasteiger partial charge in [0.05, 0.1) is 10.1 Å². The summed E-state index contributed by atoms with van der Waals surface area (Å²) >= 11 is 5.83. The normalized spacial score (nSPS) is 15.8. The maximum atomic E-state index is 12.7. The first kappa shape index (κ1) is 17.8. The van der Waals surface area contributed by atoms with Crippen molar-refractivity contribution >= 4 is 33.2 Å². The highest BCUT2D eigenvalue weighted by Crippen LogP contribution is 2.25. The lowest BCUT2D eigenvalue weighted by Gasteiger charge is -2.31. The van der Waals surface area contributed by atoms with E-state index >= 15 is 0 Å². The maximum absolute atomic E-state index is 12.7. The minimum Gasteiger partial charge on any atom is -0.324 e. The average molecular weight is 379 g/mol. The number of carbonyl (C=O) groups is 1. The number of nitrogens with zero attached hydrogens (tertiary/aromatic N) is 1. The second-order valence-electron chi connectivity index (χ2n) is 5.98. The van der Waals surface area contributed by atoms with Crippen LogP contribution in [0.4, 0.5) is 10.5 Å². The van der Waals surface area contributed by atoms with Crippen LogP contribution in [0.5, 0.6) is 0 Å². The lowest BCUT2D eigenvalue weighted by atomic mass is 10.1. The summed E-state index contributed by atoms with van der Waals surface area (Å²) in [4.78, 5) is 14.3. The summed E-state index contributed by atoms with van der Waals surface area (Å²) in [6.45, 7) is 0.826. The summed E-state index contributed by atoms with van der Waals surface area (Å²) in [5.74, 6) is 0. The van der Waals surface area contributed by atoms with Crippen molar-refractivity contribution in [3.63, 3.8) is 0 Å². The van der Waals surface area contributed by atoms with E-state index in [0.717, 1.165) is 0 Å². The lowest BCUT2D eigenvalue weighted by Crippen LogP contribution is -2.44. The Kier molecular flexibility index (Phi) is 5.30. The van der Waals surface area contributed by atoms with Gasteiger partial charge < -0.3 is 10.2 Å². The van der Waals surface area contributed by atoms with Crippen LogP contribution in [0.1, 0.15) is 12.8 Å². The molecule has 0 aromatic heterocycles. The predicted octanol–water partition coefficient (Wildman–Crippen LogP) is 3.81. The van der Waals surface area contributed by atoms with Crippen molar-refractivity contribution < 1.29 is 13.2 Å². The fourth-order valence-electron chi connectivity index (χ4n) is 2.91. The molecule has 0 bridgehead atoms. The van der Waals surface area contributed by atoms with E-state index in [1.165, 1.54) is 0 Å². The quantitative estimate of drug-likeness (QED) is 0.883. The van der Waals surface area contributed by atoms with E-state index in [-0.39, 0.29) is 6.03 Å². The Morgan fingerprint density at radius 1 is 1.00 bits per heavy atom. The van der Waals surface area contributed by atoms with E-state index in [0.29, 0.717) is 41.5 Å². The molecule has 2 amide bonds. The van der Waals surface area contributed by atoms with Crippen molar-refractivity contribution in [2.45, 2.75) is 23.0 Å². The van der Waals surface area contributed by atoms with Crippen LogP contribution in [0.25, 0.3) is 0 Å². The SMILES string of the molecule is O=C(Nc1ccc(Cl)cc1)N1CCC(S(=O)(=O)c2ccccc2)CC1. The number of likely N-dealkylation sites (tertiary alicyclic amines) is 1. The molecule has 2 aromatic rings. The van der Waals surface area contributed by atoms with Crippen LogP contribution in [0.2, 0.25) is 5.02 Å². The van der Waals surface area contributed by atoms with Gasteiger partial charge in [0.1, 0.15) is 0 Å². The average Bonchev–Trinajstić information content (AvgIpc) is 2.64. The molecule has 0 atom stereocenters. The maximum Gasteiger partial charge on any atom is 0.321 e. The number of hydrogen-bond acceptors (Lipinski definition) is 3. The van der Waals surface area contributed by atoms with Crippen LogP contribution in [0.3, 0.4) is 0 Å². The molecule has 0 aliphatic carbocycles. The molecule has 0 radical (unpaired) electrons. The van der Waals surface area contributed by atoms with Crippen LogP contribution >= 0.6 is 11.6 Å². The lowest BCUT2D eigenvalue weighted by molar-refractivity contribution is 0.200. The van der Waals surface area contributed by atoms with Gasteiger partial charge in [0.15, 0.2) is 9.84 Å². The van der Waals surface area contributed by atoms with Crippen molar-refractivity contribution in [1.29, 1.82) is 0 Å². The Morgan fingerprint density at radius 3 is 2.20 bits per heavy atom. The first-order valence-corrected chi connectivity index (χ1v) is 10.00. The van der Waals surface area contributed by atoms with Crippen LogP contribution in [-0.4, -0.2) is 37.7 Å². The number of anilines is 1. The number of halogens is 1. The molecule has 1 fully saturated rings. The third-order valence-corrected chi connectivity index (χ3v) is 6.87. The van der Waals surface area contributed by atoms with Gasteiger partial charge in [-0.05, 0) is 49.2 Å². The second kappa shape index (κ2) is 7.45. The summed E-state index contributed by atoms with van der Waals surface area (Å²) in [6.07, 6.45) is 0.872. The number of nitrogens with one attached hydrogen (secondary N) is 1. The molecule has 7 heteroatoms. The molecule has 25 heavy (non-hydrogen) atoms. The monoisotopic (exact) mass is 378 g/mol. The van der Waals surface area contributed by atoms with Gasteiger partial charge in [0.25, 0.3) is 0 Å². The number of carbonyl (C=O) groups excluding carboxylic acids is 1. The number of hydrogen-bond donors (Lipinski definition) is 1. The smallest absolute Gasteiger partial charge is 0.321 e. The zero-order valence-corrected chi connectivity index (χ0v) is 15.1. The third-order valence-electron chi connectivity index (χ3n) is 4.34. The Balaban J connectivity index is 1.60. The summed E-state index contributed by atoms with van der Waals surface area (Å²) < 4.78 is 25.3. The Morgan fingerprint density at radius 2 is 1.60 bits per heavy atom. The third kappa shape index (κ3) is 4.14. The predicted molar refractivity (Wildman–Crippen MR) is 98.7 cm³/mol. The highest BCUT2D eigenvalue weighted by Gasteiger charge is 2.32. The van der Waals surface area contributed by atoms with Gasteiger partial charge in [0.2, 0.25) is 0 Å². The van der Waals surface area contributed by atoms with Crippen molar-refractivity contribution in [3.8, 4) is 0 Å². The van der Waals surface area contributed by atoms with Crippen LogP contribution < -0.4 is 5.32 Å². The molecule has 132 valence electrons. The van der Waals surface area contributed by atoms with E-state index in [4.69, 9.17) is 11.6 Å². The van der Waals surface area contributed by atoms with Crippen LogP contribution in [0, 0.1) is 0 Å². The molecule has 1 N–H and O–H groups in total. The number of piperidine rings is 1. The molecule has 1 heterocycles. The van der Waals surface area contributed by atoms with E-state index in [1.807, 2.05) is 0 Å². The van der Waals surface area contributed by atoms with Crippen molar-refractivity contribution in [1.82, 2.24) is 4.90 Å². The topological polar surface area (TPSA) is 66.5 Å². The molecule has 1 aliphatic rings. The van der Waals surface area contributed by atoms with E-state index in [1.54, 1.807) is 59.5 Å². The first-order valence-electron chi connectivity index (χ1n) is 8.07. The van der Waals surface area contributed by atoms with Crippen molar-refractivity contribution in [2.24, 2.45) is 0 Å². The van der Waals surface area contributed by atoms with E-state index in [9.17, 15) is 13.2 Å². The van der Waals surface area contributed by atoms with Crippen molar-refractivity contribution in [3.05, 3.63) is 59.6 Å². The number of rotatable bonds is 3. The molecule has 2 aromatic carbocycles. The Hall–Kier alpha value is -2.05. The highest BCUT2D eigenvalue weighted by atomic mass is 35.5. The standard InChI is InChI=1S/C18H19ClN2O3S/c19-14-6-8-15(9-7-14)20-18(22)21-12-10-17(11-13-21)25(23,24)16-4-2-1-3-5-16/h1-9,17H,10-13H2,(H,20,22). The summed E-state index contributed by atoms with van der Waals surface area (Å²) in [6, 6.07) is 15.1. The van der Waals surface area contributed by atoms with Crippen LogP contribution in [0.15, 0.2) is 59.5 Å². The first-order chi connectivity index (χ1) is 12.0. The number of urea groups is 1. The Bertz CT molecular complexity index is 830. The number of benzene rings is 2. The molecule has 1 saturated heterocycles. The van der Waals surface area contributed by atoms with Crippen molar-refractivity contribution in [2.75, 3.05) is 18.4 Å². The molecule has 1 aliphatic heterocycles. The largest absolute Gasteiger partial charge is 0.324 e. The van der Waals surface area contributed by atoms with Crippen LogP contribution in [-0.2, 0) is 9.84 Å². The molecule has 0 spiro atoms. The molecule has 5 nitrogen and oxygen atoms in total. The highest BCUT2D eigenvalue weighted by molar-refractivity contribution is 7.92. The van der Waals surface area contributed by atoms with Gasteiger partial charge >= 0.3 is 6.03 Å². The van der Waals surface area contributed by atoms with E-state index in [2.05, 4.69) is 5.32 Å². The molecule has 0 saturated carbocycles.